The van der Waals surface area contributed by atoms with E-state index in [1.165, 1.54) is 16.7 Å². The van der Waals surface area contributed by atoms with Crippen molar-refractivity contribution in [2.45, 2.75) is 39.5 Å². The van der Waals surface area contributed by atoms with Crippen molar-refractivity contribution in [2.75, 3.05) is 11.1 Å². The molecule has 1 heterocycles. The first kappa shape index (κ1) is 19.2. The van der Waals surface area contributed by atoms with Gasteiger partial charge in [-0.15, -0.1) is 11.8 Å². The van der Waals surface area contributed by atoms with Gasteiger partial charge in [0.05, 0.1) is 28.5 Å². The van der Waals surface area contributed by atoms with E-state index < -0.39 is 0 Å². The lowest BCUT2D eigenvalue weighted by molar-refractivity contribution is -0.113. The lowest BCUT2D eigenvalue weighted by Gasteiger charge is -2.08. The number of nitrogens with zero attached hydrogens (tertiary/aromatic N) is 2. The number of carbonyl (C=O) groups is 1. The van der Waals surface area contributed by atoms with Crippen LogP contribution in [0.1, 0.15) is 28.1 Å². The second-order valence-electron chi connectivity index (χ2n) is 6.88. The molecule has 2 aromatic carbocycles. The summed E-state index contributed by atoms with van der Waals surface area (Å²) in [7, 11) is 0. The molecular formula is C22H25N3OS. The maximum Gasteiger partial charge on any atom is 0.234 e. The Balaban J connectivity index is 1.70. The SMILES string of the molecule is Cc1ccc(-n2nc(C)c(NC(=O)CSc3ccc(C)c(C)c3)c2C)cc1. The summed E-state index contributed by atoms with van der Waals surface area (Å²) >= 11 is 1.55. The van der Waals surface area contributed by atoms with Crippen molar-refractivity contribution in [2.24, 2.45) is 0 Å². The molecule has 5 heteroatoms. The zero-order chi connectivity index (χ0) is 19.6. The third-order valence-corrected chi connectivity index (χ3v) is 5.68. The summed E-state index contributed by atoms with van der Waals surface area (Å²) < 4.78 is 1.88. The average Bonchev–Trinajstić information content (AvgIpc) is 2.91. The van der Waals surface area contributed by atoms with E-state index in [-0.39, 0.29) is 5.91 Å². The maximum atomic E-state index is 12.5. The first-order valence-corrected chi connectivity index (χ1v) is 9.97. The zero-order valence-corrected chi connectivity index (χ0v) is 17.3. The molecule has 3 rings (SSSR count). The van der Waals surface area contributed by atoms with Crippen molar-refractivity contribution in [3.63, 3.8) is 0 Å². The number of aromatic nitrogens is 2. The molecule has 0 bridgehead atoms. The van der Waals surface area contributed by atoms with Crippen LogP contribution in [0.25, 0.3) is 5.69 Å². The molecule has 0 saturated heterocycles. The van der Waals surface area contributed by atoms with Gasteiger partial charge in [-0.1, -0.05) is 23.8 Å². The molecule has 0 saturated carbocycles. The third kappa shape index (κ3) is 4.42. The normalized spacial score (nSPS) is 10.9. The quantitative estimate of drug-likeness (QED) is 0.624. The summed E-state index contributed by atoms with van der Waals surface area (Å²) in [5, 5.41) is 7.63. The smallest absolute Gasteiger partial charge is 0.234 e. The van der Waals surface area contributed by atoms with Crippen LogP contribution in [0.5, 0.6) is 0 Å². The van der Waals surface area contributed by atoms with Gasteiger partial charge in [0.2, 0.25) is 5.91 Å². The van der Waals surface area contributed by atoms with Crippen molar-refractivity contribution in [3.05, 3.63) is 70.5 Å². The van der Waals surface area contributed by atoms with Crippen LogP contribution in [-0.4, -0.2) is 21.4 Å². The average molecular weight is 380 g/mol. The lowest BCUT2D eigenvalue weighted by Crippen LogP contribution is -2.15. The highest BCUT2D eigenvalue weighted by molar-refractivity contribution is 8.00. The number of amides is 1. The number of nitrogens with one attached hydrogen (secondary N) is 1. The van der Waals surface area contributed by atoms with Crippen molar-refractivity contribution >= 4 is 23.4 Å². The number of carbonyl (C=O) groups excluding carboxylic acids is 1. The summed E-state index contributed by atoms with van der Waals surface area (Å²) in [5.41, 5.74) is 7.24. The summed E-state index contributed by atoms with van der Waals surface area (Å²) in [4.78, 5) is 13.6. The minimum absolute atomic E-state index is 0.0205. The number of aryl methyl sites for hydroxylation is 4. The van der Waals surface area contributed by atoms with Crippen molar-refractivity contribution in [1.29, 1.82) is 0 Å². The Kier molecular flexibility index (Phi) is 5.71. The second-order valence-corrected chi connectivity index (χ2v) is 7.92. The Labute approximate surface area is 165 Å². The topological polar surface area (TPSA) is 46.9 Å². The number of hydrogen-bond acceptors (Lipinski definition) is 3. The van der Waals surface area contributed by atoms with E-state index in [4.69, 9.17) is 0 Å². The summed E-state index contributed by atoms with van der Waals surface area (Å²) in [5.74, 6) is 0.352. The summed E-state index contributed by atoms with van der Waals surface area (Å²) in [6, 6.07) is 14.5. The lowest BCUT2D eigenvalue weighted by atomic mass is 10.1. The Morgan fingerprint density at radius 1 is 1.00 bits per heavy atom. The molecule has 1 N–H and O–H groups in total. The van der Waals surface area contributed by atoms with Gasteiger partial charge in [0.15, 0.2) is 0 Å². The molecule has 0 aliphatic carbocycles. The van der Waals surface area contributed by atoms with Crippen LogP contribution in [0.15, 0.2) is 47.4 Å². The monoisotopic (exact) mass is 379 g/mol. The fourth-order valence-electron chi connectivity index (χ4n) is 2.89. The Hall–Kier alpha value is -2.53. The Morgan fingerprint density at radius 3 is 2.37 bits per heavy atom. The van der Waals surface area contributed by atoms with Gasteiger partial charge in [-0.25, -0.2) is 4.68 Å². The van der Waals surface area contributed by atoms with E-state index in [0.717, 1.165) is 27.7 Å². The van der Waals surface area contributed by atoms with Crippen molar-refractivity contribution in [3.8, 4) is 5.69 Å². The maximum absolute atomic E-state index is 12.5. The van der Waals surface area contributed by atoms with E-state index in [2.05, 4.69) is 61.5 Å². The van der Waals surface area contributed by atoms with E-state index >= 15 is 0 Å². The van der Waals surface area contributed by atoms with Crippen LogP contribution in [-0.2, 0) is 4.79 Å². The fraction of sp³-hybridized carbons (Fsp3) is 0.273. The van der Waals surface area contributed by atoms with Crippen LogP contribution in [0, 0.1) is 34.6 Å². The van der Waals surface area contributed by atoms with Crippen LogP contribution < -0.4 is 5.32 Å². The Morgan fingerprint density at radius 2 is 1.70 bits per heavy atom. The second kappa shape index (κ2) is 8.01. The van der Waals surface area contributed by atoms with Gasteiger partial charge >= 0.3 is 0 Å². The first-order chi connectivity index (χ1) is 12.8. The molecule has 0 spiro atoms. The van der Waals surface area contributed by atoms with E-state index in [9.17, 15) is 4.79 Å². The predicted octanol–water partition coefficient (Wildman–Crippen LogP) is 5.15. The molecule has 27 heavy (non-hydrogen) atoms. The van der Waals surface area contributed by atoms with Crippen molar-refractivity contribution < 1.29 is 4.79 Å². The molecule has 0 aliphatic heterocycles. The van der Waals surface area contributed by atoms with Gasteiger partial charge in [-0.2, -0.15) is 5.10 Å². The van der Waals surface area contributed by atoms with Gasteiger partial charge in [0.25, 0.3) is 0 Å². The number of benzene rings is 2. The summed E-state index contributed by atoms with van der Waals surface area (Å²) in [6.07, 6.45) is 0. The van der Waals surface area contributed by atoms with E-state index in [0.29, 0.717) is 5.75 Å². The molecule has 1 amide bonds. The van der Waals surface area contributed by atoms with Gasteiger partial charge < -0.3 is 5.32 Å². The standard InChI is InChI=1S/C22H25N3OS/c1-14-6-9-19(10-7-14)25-18(5)22(17(4)24-25)23-21(26)13-27-20-11-8-15(2)16(3)12-20/h6-12H,13H2,1-5H3,(H,23,26). The molecular weight excluding hydrogens is 354 g/mol. The molecule has 3 aromatic rings. The van der Waals surface area contributed by atoms with Crippen LogP contribution in [0.3, 0.4) is 0 Å². The summed E-state index contributed by atoms with van der Waals surface area (Å²) in [6.45, 7) is 10.1. The van der Waals surface area contributed by atoms with Crippen molar-refractivity contribution in [1.82, 2.24) is 9.78 Å². The molecule has 4 nitrogen and oxygen atoms in total. The molecule has 0 unspecified atom stereocenters. The first-order valence-electron chi connectivity index (χ1n) is 8.98. The van der Waals surface area contributed by atoms with Crippen LogP contribution in [0.4, 0.5) is 5.69 Å². The van der Waals surface area contributed by atoms with Gasteiger partial charge in [0.1, 0.15) is 0 Å². The minimum atomic E-state index is -0.0205. The number of thioether (sulfide) groups is 1. The number of rotatable bonds is 5. The number of hydrogen-bond donors (Lipinski definition) is 1. The van der Waals surface area contributed by atoms with Crippen LogP contribution >= 0.6 is 11.8 Å². The molecule has 0 aliphatic rings. The predicted molar refractivity (Wildman–Crippen MR) is 113 cm³/mol. The molecule has 0 fully saturated rings. The van der Waals surface area contributed by atoms with E-state index in [1.807, 2.05) is 30.7 Å². The van der Waals surface area contributed by atoms with Gasteiger partial charge in [-0.05, 0) is 70.0 Å². The molecule has 0 radical (unpaired) electrons. The minimum Gasteiger partial charge on any atom is -0.322 e. The zero-order valence-electron chi connectivity index (χ0n) is 16.5. The molecule has 0 atom stereocenters. The highest BCUT2D eigenvalue weighted by Gasteiger charge is 2.15. The third-order valence-electron chi connectivity index (χ3n) is 4.68. The molecule has 140 valence electrons. The van der Waals surface area contributed by atoms with Gasteiger partial charge in [0, 0.05) is 4.90 Å². The largest absolute Gasteiger partial charge is 0.322 e. The molecule has 1 aromatic heterocycles. The fourth-order valence-corrected chi connectivity index (χ4v) is 3.68. The van der Waals surface area contributed by atoms with E-state index in [1.54, 1.807) is 11.8 Å². The Bertz CT molecular complexity index is 974. The number of anilines is 1. The van der Waals surface area contributed by atoms with Gasteiger partial charge in [-0.3, -0.25) is 4.79 Å². The highest BCUT2D eigenvalue weighted by atomic mass is 32.2. The highest BCUT2D eigenvalue weighted by Crippen LogP contribution is 2.25. The van der Waals surface area contributed by atoms with Crippen LogP contribution in [0.2, 0.25) is 0 Å².